The number of benzene rings is 2. The van der Waals surface area contributed by atoms with Crippen molar-refractivity contribution in [2.45, 2.75) is 44.2 Å². The Morgan fingerprint density at radius 1 is 1.26 bits per heavy atom. The van der Waals surface area contributed by atoms with Crippen LogP contribution in [0.1, 0.15) is 40.9 Å². The molecule has 2 aromatic rings. The van der Waals surface area contributed by atoms with Gasteiger partial charge in [-0.15, -0.1) is 11.8 Å². The number of hydrogen-bond acceptors (Lipinski definition) is 5. The fourth-order valence-electron chi connectivity index (χ4n) is 3.38. The quantitative estimate of drug-likeness (QED) is 0.452. The molecule has 2 N–H and O–H groups in total. The van der Waals surface area contributed by atoms with E-state index in [4.69, 9.17) is 27.9 Å². The molecule has 8 heteroatoms. The number of ether oxygens (including phenoxy) is 1. The average Bonchev–Trinajstić information content (AvgIpc) is 2.79. The molecule has 1 amide bonds. The molecule has 0 fully saturated rings. The van der Waals surface area contributed by atoms with Crippen LogP contribution < -0.4 is 10.6 Å². The molecular formula is C23H28Cl2N2O3S. The zero-order valence-electron chi connectivity index (χ0n) is 18.2. The normalized spacial score (nSPS) is 13.4. The van der Waals surface area contributed by atoms with Gasteiger partial charge in [0.1, 0.15) is 6.04 Å². The topological polar surface area (TPSA) is 67.4 Å². The fraction of sp³-hybridized carbons (Fsp3) is 0.391. The van der Waals surface area contributed by atoms with Crippen molar-refractivity contribution in [2.24, 2.45) is 0 Å². The fourth-order valence-corrected chi connectivity index (χ4v) is 4.63. The number of halogens is 2. The van der Waals surface area contributed by atoms with Gasteiger partial charge in [0.25, 0.3) is 5.91 Å². The summed E-state index contributed by atoms with van der Waals surface area (Å²) in [6.45, 7) is 5.44. The Morgan fingerprint density at radius 2 is 2.00 bits per heavy atom. The van der Waals surface area contributed by atoms with Crippen LogP contribution in [0.15, 0.2) is 35.2 Å². The van der Waals surface area contributed by atoms with Crippen LogP contribution in [0.2, 0.25) is 10.0 Å². The van der Waals surface area contributed by atoms with Gasteiger partial charge in [0.05, 0.1) is 22.7 Å². The molecule has 3 rings (SSSR count). The summed E-state index contributed by atoms with van der Waals surface area (Å²) in [5.41, 5.74) is 3.02. The largest absolute Gasteiger partial charge is 0.467 e. The second-order valence-corrected chi connectivity index (χ2v) is 8.38. The number of carbonyl (C=O) groups excluding carboxylic acids is 2. The number of fused-ring (bicyclic) bond motifs is 1. The highest BCUT2D eigenvalue weighted by Gasteiger charge is 2.27. The van der Waals surface area contributed by atoms with Gasteiger partial charge in [-0.3, -0.25) is 4.79 Å². The molecule has 0 aliphatic carbocycles. The van der Waals surface area contributed by atoms with E-state index >= 15 is 0 Å². The Bertz CT molecular complexity index is 937. The summed E-state index contributed by atoms with van der Waals surface area (Å²) in [7, 11) is 1.30. The molecule has 0 aromatic heterocycles. The highest BCUT2D eigenvalue weighted by molar-refractivity contribution is 7.98. The van der Waals surface area contributed by atoms with Crippen molar-refractivity contribution in [3.63, 3.8) is 0 Å². The molecule has 1 unspecified atom stereocenters. The summed E-state index contributed by atoms with van der Waals surface area (Å²) in [6.07, 6.45) is 3.00. The second kappa shape index (κ2) is 12.3. The van der Waals surface area contributed by atoms with Crippen molar-refractivity contribution in [2.75, 3.05) is 19.9 Å². The zero-order chi connectivity index (χ0) is 23.0. The maximum Gasteiger partial charge on any atom is 0.328 e. The third kappa shape index (κ3) is 6.39. The molecule has 1 aliphatic heterocycles. The zero-order valence-corrected chi connectivity index (χ0v) is 20.5. The van der Waals surface area contributed by atoms with Gasteiger partial charge in [-0.2, -0.15) is 0 Å². The van der Waals surface area contributed by atoms with Crippen LogP contribution in [0.4, 0.5) is 0 Å². The van der Waals surface area contributed by atoms with Gasteiger partial charge < -0.3 is 15.4 Å². The molecular weight excluding hydrogens is 455 g/mol. The first-order valence-corrected chi connectivity index (χ1v) is 12.1. The van der Waals surface area contributed by atoms with E-state index in [2.05, 4.69) is 10.6 Å². The van der Waals surface area contributed by atoms with Gasteiger partial charge >= 0.3 is 5.97 Å². The lowest BCUT2D eigenvalue weighted by Crippen LogP contribution is -2.43. The van der Waals surface area contributed by atoms with Crippen LogP contribution in [-0.2, 0) is 28.9 Å². The first-order valence-electron chi connectivity index (χ1n) is 10.2. The van der Waals surface area contributed by atoms with Gasteiger partial charge in [0.15, 0.2) is 0 Å². The van der Waals surface area contributed by atoms with Crippen LogP contribution >= 0.6 is 35.0 Å². The molecule has 5 nitrogen and oxygen atoms in total. The minimum absolute atomic E-state index is 0.195. The number of hydrogen-bond donors (Lipinski definition) is 2. The highest BCUT2D eigenvalue weighted by Crippen LogP contribution is 2.33. The Kier molecular flexibility index (Phi) is 10.2. The van der Waals surface area contributed by atoms with E-state index in [0.717, 1.165) is 28.1 Å². The SMILES string of the molecule is CC.COC(=O)C(Cc1cccc(SC)c1)NC(=O)c1c(Cl)cc2c(c1Cl)CCNC2. The predicted octanol–water partition coefficient (Wildman–Crippen LogP) is 4.90. The lowest BCUT2D eigenvalue weighted by Gasteiger charge is -2.22. The van der Waals surface area contributed by atoms with Crippen molar-refractivity contribution in [3.8, 4) is 0 Å². The maximum atomic E-state index is 13.0. The standard InChI is InChI=1S/C21H22Cl2N2O3S.C2H6/c1-28-21(27)17(9-12-4-3-5-14(8-12)29-2)25-20(26)18-16(22)10-13-11-24-7-6-15(13)19(18)23;1-2/h3-5,8,10,17,24H,6-7,9,11H2,1-2H3,(H,25,26);1-2H3. The van der Waals surface area contributed by atoms with Crippen molar-refractivity contribution < 1.29 is 14.3 Å². The molecule has 0 spiro atoms. The van der Waals surface area contributed by atoms with Crippen molar-refractivity contribution >= 4 is 46.8 Å². The molecule has 31 heavy (non-hydrogen) atoms. The minimum atomic E-state index is -0.852. The van der Waals surface area contributed by atoms with Crippen LogP contribution in [-0.4, -0.2) is 37.8 Å². The molecule has 0 saturated heterocycles. The maximum absolute atomic E-state index is 13.0. The lowest BCUT2D eigenvalue weighted by atomic mass is 9.97. The van der Waals surface area contributed by atoms with E-state index in [1.54, 1.807) is 17.8 Å². The molecule has 1 heterocycles. The first kappa shape index (κ1) is 25.5. The molecule has 1 aliphatic rings. The van der Waals surface area contributed by atoms with Crippen molar-refractivity contribution in [1.29, 1.82) is 0 Å². The number of rotatable bonds is 6. The van der Waals surface area contributed by atoms with Gasteiger partial charge in [-0.1, -0.05) is 49.2 Å². The summed E-state index contributed by atoms with van der Waals surface area (Å²) in [6, 6.07) is 8.71. The van der Waals surface area contributed by atoms with Gasteiger partial charge in [-0.05, 0) is 54.1 Å². The van der Waals surface area contributed by atoms with Gasteiger partial charge in [0.2, 0.25) is 0 Å². The number of esters is 1. The van der Waals surface area contributed by atoms with Crippen molar-refractivity contribution in [1.82, 2.24) is 10.6 Å². The third-order valence-electron chi connectivity index (χ3n) is 4.87. The Morgan fingerprint density at radius 3 is 2.68 bits per heavy atom. The van der Waals surface area contributed by atoms with Crippen molar-refractivity contribution in [3.05, 3.63) is 62.6 Å². The number of amides is 1. The van der Waals surface area contributed by atoms with E-state index in [9.17, 15) is 9.59 Å². The summed E-state index contributed by atoms with van der Waals surface area (Å²) in [4.78, 5) is 26.4. The second-order valence-electron chi connectivity index (χ2n) is 6.72. The molecule has 0 bridgehead atoms. The average molecular weight is 483 g/mol. The summed E-state index contributed by atoms with van der Waals surface area (Å²) in [5.74, 6) is -1.01. The van der Waals surface area contributed by atoms with E-state index in [1.807, 2.05) is 44.4 Å². The summed E-state index contributed by atoms with van der Waals surface area (Å²) >= 11 is 14.5. The number of carbonyl (C=O) groups is 2. The van der Waals surface area contributed by atoms with Crippen LogP contribution in [0.5, 0.6) is 0 Å². The molecule has 2 aromatic carbocycles. The summed E-state index contributed by atoms with van der Waals surface area (Å²) in [5, 5.41) is 6.62. The Balaban J connectivity index is 0.00000166. The molecule has 168 valence electrons. The van der Waals surface area contributed by atoms with Crippen LogP contribution in [0.25, 0.3) is 0 Å². The third-order valence-corrected chi connectivity index (χ3v) is 6.31. The van der Waals surface area contributed by atoms with Crippen LogP contribution in [0.3, 0.4) is 0 Å². The number of methoxy groups -OCH3 is 1. The predicted molar refractivity (Wildman–Crippen MR) is 128 cm³/mol. The highest BCUT2D eigenvalue weighted by atomic mass is 35.5. The van der Waals surface area contributed by atoms with Gasteiger partial charge in [-0.25, -0.2) is 4.79 Å². The number of nitrogens with one attached hydrogen (secondary N) is 2. The minimum Gasteiger partial charge on any atom is -0.467 e. The Labute approximate surface area is 198 Å². The lowest BCUT2D eigenvalue weighted by molar-refractivity contribution is -0.142. The molecule has 1 atom stereocenters. The van der Waals surface area contributed by atoms with E-state index in [0.29, 0.717) is 24.4 Å². The monoisotopic (exact) mass is 482 g/mol. The Hall–Kier alpha value is -1.73. The van der Waals surface area contributed by atoms with E-state index in [1.165, 1.54) is 7.11 Å². The smallest absolute Gasteiger partial charge is 0.328 e. The first-order chi connectivity index (χ1) is 14.9. The summed E-state index contributed by atoms with van der Waals surface area (Å²) < 4.78 is 4.90. The van der Waals surface area contributed by atoms with Crippen LogP contribution in [0, 0.1) is 0 Å². The molecule has 0 saturated carbocycles. The van der Waals surface area contributed by atoms with Gasteiger partial charge in [0, 0.05) is 17.9 Å². The number of thioether (sulfide) groups is 1. The van der Waals surface area contributed by atoms with E-state index in [-0.39, 0.29) is 10.6 Å². The van der Waals surface area contributed by atoms with E-state index < -0.39 is 17.9 Å². The molecule has 0 radical (unpaired) electrons.